The molecule has 7 nitrogen and oxygen atoms in total. The number of amides is 2. The summed E-state index contributed by atoms with van der Waals surface area (Å²) in [6, 6.07) is 18.0. The summed E-state index contributed by atoms with van der Waals surface area (Å²) in [7, 11) is 0. The van der Waals surface area contributed by atoms with Gasteiger partial charge in [0.05, 0.1) is 16.6 Å². The lowest BCUT2D eigenvalue weighted by Crippen LogP contribution is -2.52. The first-order valence-corrected chi connectivity index (χ1v) is 10.8. The number of para-hydroxylation sites is 3. The molecule has 0 fully saturated rings. The summed E-state index contributed by atoms with van der Waals surface area (Å²) in [5, 5.41) is 5.71. The molecule has 0 aliphatic heterocycles. The number of aromatic nitrogens is 2. The molecular formula is C25H32N4O3. The van der Waals surface area contributed by atoms with E-state index in [-0.39, 0.29) is 18.9 Å². The molecule has 2 N–H and O–H groups in total. The zero-order valence-electron chi connectivity index (χ0n) is 19.4. The van der Waals surface area contributed by atoms with Crippen LogP contribution in [-0.2, 0) is 16.0 Å². The maximum Gasteiger partial charge on any atom is 0.407 e. The van der Waals surface area contributed by atoms with E-state index in [0.717, 1.165) is 22.5 Å². The Bertz CT molecular complexity index is 1080. The summed E-state index contributed by atoms with van der Waals surface area (Å²) in [5.41, 5.74) is 1.73. The number of carbonyl (C=O) groups is 2. The lowest BCUT2D eigenvalue weighted by atomic mass is 10.1. The molecule has 0 radical (unpaired) electrons. The normalized spacial score (nSPS) is 11.9. The Morgan fingerprint density at radius 1 is 0.969 bits per heavy atom. The van der Waals surface area contributed by atoms with Crippen molar-refractivity contribution in [1.29, 1.82) is 0 Å². The van der Waals surface area contributed by atoms with Gasteiger partial charge in [0, 0.05) is 25.1 Å². The zero-order valence-corrected chi connectivity index (χ0v) is 19.4. The van der Waals surface area contributed by atoms with Crippen LogP contribution >= 0.6 is 0 Å². The summed E-state index contributed by atoms with van der Waals surface area (Å²) < 4.78 is 7.35. The summed E-state index contributed by atoms with van der Waals surface area (Å²) in [4.78, 5) is 29.3. The number of nitrogens with one attached hydrogen (secondary N) is 2. The molecule has 170 valence electrons. The van der Waals surface area contributed by atoms with E-state index in [4.69, 9.17) is 9.72 Å². The number of hydrogen-bond acceptors (Lipinski definition) is 4. The van der Waals surface area contributed by atoms with Gasteiger partial charge in [0.1, 0.15) is 11.4 Å². The Morgan fingerprint density at radius 2 is 1.62 bits per heavy atom. The first-order chi connectivity index (χ1) is 15.0. The molecule has 0 bridgehead atoms. The van der Waals surface area contributed by atoms with Gasteiger partial charge >= 0.3 is 6.09 Å². The van der Waals surface area contributed by atoms with Gasteiger partial charge in [-0.25, -0.2) is 9.78 Å². The minimum absolute atomic E-state index is 0.104. The molecule has 0 spiro atoms. The third-order valence-corrected chi connectivity index (χ3v) is 4.77. The van der Waals surface area contributed by atoms with Gasteiger partial charge in [0.15, 0.2) is 0 Å². The van der Waals surface area contributed by atoms with Crippen LogP contribution in [0.15, 0.2) is 54.6 Å². The maximum atomic E-state index is 12.7. The molecule has 0 unspecified atom stereocenters. The van der Waals surface area contributed by atoms with E-state index in [9.17, 15) is 9.59 Å². The molecule has 0 saturated heterocycles. The highest BCUT2D eigenvalue weighted by Crippen LogP contribution is 2.22. The number of alkyl carbamates (subject to hydrolysis) is 1. The van der Waals surface area contributed by atoms with Crippen molar-refractivity contribution >= 4 is 23.0 Å². The Labute approximate surface area is 189 Å². The highest BCUT2D eigenvalue weighted by molar-refractivity contribution is 5.79. The van der Waals surface area contributed by atoms with Crippen LogP contribution in [0, 0.1) is 0 Å². The van der Waals surface area contributed by atoms with Crippen LogP contribution < -0.4 is 10.6 Å². The van der Waals surface area contributed by atoms with Gasteiger partial charge in [-0.15, -0.1) is 0 Å². The number of fused-ring (bicyclic) bond motifs is 1. The van der Waals surface area contributed by atoms with Crippen molar-refractivity contribution in [2.75, 3.05) is 6.54 Å². The molecule has 7 heteroatoms. The number of aryl methyl sites for hydroxylation is 1. The molecule has 1 aromatic heterocycles. The zero-order chi connectivity index (χ0) is 23.4. The Kier molecular flexibility index (Phi) is 6.87. The quantitative estimate of drug-likeness (QED) is 0.576. The van der Waals surface area contributed by atoms with Crippen molar-refractivity contribution in [2.24, 2.45) is 0 Å². The molecule has 0 aliphatic carbocycles. The third-order valence-electron chi connectivity index (χ3n) is 4.77. The van der Waals surface area contributed by atoms with Crippen molar-refractivity contribution in [1.82, 2.24) is 20.2 Å². The van der Waals surface area contributed by atoms with Gasteiger partial charge in [0.25, 0.3) is 0 Å². The van der Waals surface area contributed by atoms with Crippen LogP contribution in [0.3, 0.4) is 0 Å². The predicted octanol–water partition coefficient (Wildman–Crippen LogP) is 4.38. The Balaban J connectivity index is 1.64. The van der Waals surface area contributed by atoms with Gasteiger partial charge < -0.3 is 15.4 Å². The van der Waals surface area contributed by atoms with E-state index in [1.807, 2.05) is 89.2 Å². The summed E-state index contributed by atoms with van der Waals surface area (Å²) >= 11 is 0. The maximum absolute atomic E-state index is 12.7. The fourth-order valence-corrected chi connectivity index (χ4v) is 3.43. The first-order valence-electron chi connectivity index (χ1n) is 10.8. The minimum Gasteiger partial charge on any atom is -0.444 e. The second-order valence-corrected chi connectivity index (χ2v) is 9.48. The summed E-state index contributed by atoms with van der Waals surface area (Å²) in [6.07, 6.45) is 0.271. The molecule has 1 heterocycles. The molecule has 3 rings (SSSR count). The minimum atomic E-state index is -0.618. The second kappa shape index (κ2) is 9.42. The lowest BCUT2D eigenvalue weighted by molar-refractivity contribution is -0.122. The smallest absolute Gasteiger partial charge is 0.407 e. The summed E-state index contributed by atoms with van der Waals surface area (Å²) in [6.45, 7) is 9.41. The molecule has 0 aliphatic rings. The van der Waals surface area contributed by atoms with Crippen molar-refractivity contribution in [3.05, 3.63) is 60.4 Å². The molecule has 2 aromatic carbocycles. The number of imidazole rings is 1. The van der Waals surface area contributed by atoms with Gasteiger partial charge in [-0.1, -0.05) is 30.3 Å². The summed E-state index contributed by atoms with van der Waals surface area (Å²) in [5.74, 6) is 0.727. The SMILES string of the molecule is CC(C)(CNC(=O)OC(C)(C)C)NC(=O)CCc1nc2ccccc2n1-c1ccccc1. The van der Waals surface area contributed by atoms with E-state index >= 15 is 0 Å². The van der Waals surface area contributed by atoms with Gasteiger partial charge in [-0.05, 0) is 58.9 Å². The predicted molar refractivity (Wildman–Crippen MR) is 126 cm³/mol. The van der Waals surface area contributed by atoms with Gasteiger partial charge in [0.2, 0.25) is 5.91 Å². The largest absolute Gasteiger partial charge is 0.444 e. The Hall–Kier alpha value is -3.35. The van der Waals surface area contributed by atoms with Crippen LogP contribution in [0.25, 0.3) is 16.7 Å². The van der Waals surface area contributed by atoms with Crippen molar-refractivity contribution in [2.45, 2.75) is 58.6 Å². The van der Waals surface area contributed by atoms with Crippen LogP contribution in [0.1, 0.15) is 46.9 Å². The fraction of sp³-hybridized carbons (Fsp3) is 0.400. The molecule has 0 atom stereocenters. The average Bonchev–Trinajstić information content (AvgIpc) is 3.08. The third kappa shape index (κ3) is 6.33. The van der Waals surface area contributed by atoms with E-state index in [1.54, 1.807) is 0 Å². The van der Waals surface area contributed by atoms with Crippen LogP contribution in [0.5, 0.6) is 0 Å². The standard InChI is InChI=1S/C25H32N4O3/c1-24(2,3)32-23(31)26-17-25(4,5)28-22(30)16-15-21-27-19-13-9-10-14-20(19)29(21)18-11-7-6-8-12-18/h6-14H,15-17H2,1-5H3,(H,26,31)(H,28,30). The molecule has 3 aromatic rings. The highest BCUT2D eigenvalue weighted by atomic mass is 16.6. The van der Waals surface area contributed by atoms with Crippen LogP contribution in [0.4, 0.5) is 4.79 Å². The fourth-order valence-electron chi connectivity index (χ4n) is 3.43. The van der Waals surface area contributed by atoms with E-state index in [2.05, 4.69) is 15.2 Å². The number of rotatable bonds is 7. The van der Waals surface area contributed by atoms with Gasteiger partial charge in [-0.3, -0.25) is 9.36 Å². The molecule has 0 saturated carbocycles. The second-order valence-electron chi connectivity index (χ2n) is 9.48. The lowest BCUT2D eigenvalue weighted by Gasteiger charge is -2.27. The molecule has 32 heavy (non-hydrogen) atoms. The average molecular weight is 437 g/mol. The number of nitrogens with zero attached hydrogens (tertiary/aromatic N) is 2. The highest BCUT2D eigenvalue weighted by Gasteiger charge is 2.24. The topological polar surface area (TPSA) is 85.2 Å². The number of benzene rings is 2. The van der Waals surface area contributed by atoms with E-state index in [1.165, 1.54) is 0 Å². The number of hydrogen-bond donors (Lipinski definition) is 2. The number of carbonyl (C=O) groups excluding carboxylic acids is 2. The first kappa shape index (κ1) is 23.3. The van der Waals surface area contributed by atoms with Crippen molar-refractivity contribution in [3.63, 3.8) is 0 Å². The molecule has 2 amide bonds. The van der Waals surface area contributed by atoms with Crippen molar-refractivity contribution < 1.29 is 14.3 Å². The molecular weight excluding hydrogens is 404 g/mol. The monoisotopic (exact) mass is 436 g/mol. The van der Waals surface area contributed by atoms with Crippen LogP contribution in [0.2, 0.25) is 0 Å². The van der Waals surface area contributed by atoms with Gasteiger partial charge in [-0.2, -0.15) is 0 Å². The van der Waals surface area contributed by atoms with Crippen molar-refractivity contribution in [3.8, 4) is 5.69 Å². The van der Waals surface area contributed by atoms with Crippen LogP contribution in [-0.4, -0.2) is 39.2 Å². The Morgan fingerprint density at radius 3 is 2.31 bits per heavy atom. The number of ether oxygens (including phenoxy) is 1. The van der Waals surface area contributed by atoms with E-state index < -0.39 is 17.2 Å². The van der Waals surface area contributed by atoms with E-state index in [0.29, 0.717) is 6.42 Å².